The van der Waals surface area contributed by atoms with Gasteiger partial charge in [-0.15, -0.1) is 0 Å². The maximum atomic E-state index is 11.9. The summed E-state index contributed by atoms with van der Waals surface area (Å²) in [5, 5.41) is 0. The van der Waals surface area contributed by atoms with E-state index in [-0.39, 0.29) is 18.4 Å². The first-order chi connectivity index (χ1) is 9.04. The van der Waals surface area contributed by atoms with Crippen LogP contribution in [0.25, 0.3) is 0 Å². The summed E-state index contributed by atoms with van der Waals surface area (Å²) in [7, 11) is 1.77. The third-order valence-electron chi connectivity index (χ3n) is 3.41. The monoisotopic (exact) mass is 264 g/mol. The van der Waals surface area contributed by atoms with Crippen LogP contribution >= 0.6 is 0 Å². The Morgan fingerprint density at radius 1 is 1.37 bits per heavy atom. The fourth-order valence-corrected chi connectivity index (χ4v) is 1.78. The molecule has 0 aromatic carbocycles. The molecule has 0 bridgehead atoms. The van der Waals surface area contributed by atoms with Crippen molar-refractivity contribution in [3.05, 3.63) is 23.8 Å². The predicted octanol–water partition coefficient (Wildman–Crippen LogP) is 1.98. The van der Waals surface area contributed by atoms with Crippen molar-refractivity contribution in [2.45, 2.75) is 33.1 Å². The number of carbonyl (C=O) groups is 2. The van der Waals surface area contributed by atoms with Crippen LogP contribution in [0.2, 0.25) is 0 Å². The molecule has 0 aromatic rings. The van der Waals surface area contributed by atoms with Crippen molar-refractivity contribution in [1.29, 1.82) is 0 Å². The molecule has 1 rings (SSSR count). The van der Waals surface area contributed by atoms with E-state index in [0.717, 1.165) is 12.8 Å². The van der Waals surface area contributed by atoms with Gasteiger partial charge in [0.05, 0.1) is 6.54 Å². The second kappa shape index (κ2) is 7.77. The molecule has 0 aliphatic carbocycles. The molecular formula is C15H24N2O2. The minimum atomic E-state index is 0.0247. The van der Waals surface area contributed by atoms with Crippen molar-refractivity contribution in [3.63, 3.8) is 0 Å². The van der Waals surface area contributed by atoms with Gasteiger partial charge in [-0.05, 0) is 19.8 Å². The number of rotatable bonds is 5. The molecule has 0 radical (unpaired) electrons. The molecule has 0 saturated carbocycles. The second-order valence-corrected chi connectivity index (χ2v) is 4.96. The normalized spacial score (nSPS) is 17.4. The van der Waals surface area contributed by atoms with Crippen LogP contribution in [0.1, 0.15) is 33.1 Å². The molecular weight excluding hydrogens is 240 g/mol. The lowest BCUT2D eigenvalue weighted by atomic mass is 10.2. The maximum Gasteiger partial charge on any atom is 0.241 e. The van der Waals surface area contributed by atoms with E-state index in [1.54, 1.807) is 16.8 Å². The summed E-state index contributed by atoms with van der Waals surface area (Å²) in [4.78, 5) is 26.7. The first-order valence-electron chi connectivity index (χ1n) is 6.88. The zero-order valence-corrected chi connectivity index (χ0v) is 12.2. The minimum absolute atomic E-state index is 0.0247. The molecule has 0 spiro atoms. The van der Waals surface area contributed by atoms with Gasteiger partial charge in [0.25, 0.3) is 0 Å². The van der Waals surface area contributed by atoms with Crippen molar-refractivity contribution in [2.24, 2.45) is 0 Å². The molecule has 1 fully saturated rings. The van der Waals surface area contributed by atoms with E-state index >= 15 is 0 Å². The van der Waals surface area contributed by atoms with Crippen LogP contribution in [0, 0.1) is 0 Å². The van der Waals surface area contributed by atoms with Gasteiger partial charge in [0.15, 0.2) is 0 Å². The van der Waals surface area contributed by atoms with Crippen LogP contribution in [0.15, 0.2) is 23.8 Å². The van der Waals surface area contributed by atoms with Gasteiger partial charge in [0.2, 0.25) is 11.8 Å². The van der Waals surface area contributed by atoms with E-state index in [4.69, 9.17) is 0 Å². The van der Waals surface area contributed by atoms with Gasteiger partial charge in [0, 0.05) is 26.6 Å². The first-order valence-corrected chi connectivity index (χ1v) is 6.88. The fraction of sp³-hybridized carbons (Fsp3) is 0.600. The third-order valence-corrected chi connectivity index (χ3v) is 3.41. The highest BCUT2D eigenvalue weighted by molar-refractivity contribution is 5.85. The minimum Gasteiger partial charge on any atom is -0.342 e. The molecule has 106 valence electrons. The van der Waals surface area contributed by atoms with E-state index in [0.29, 0.717) is 19.5 Å². The zero-order valence-electron chi connectivity index (χ0n) is 12.2. The predicted molar refractivity (Wildman–Crippen MR) is 76.6 cm³/mol. The van der Waals surface area contributed by atoms with Crippen molar-refractivity contribution in [1.82, 2.24) is 9.80 Å². The lowest BCUT2D eigenvalue weighted by Gasteiger charge is -2.31. The summed E-state index contributed by atoms with van der Waals surface area (Å²) < 4.78 is 0. The Hall–Kier alpha value is -1.58. The SMILES string of the molecule is CC/C(C)=C\C=C/CCC(=O)N1CCN(C)C(=O)C1. The summed E-state index contributed by atoms with van der Waals surface area (Å²) in [6, 6.07) is 0. The third kappa shape index (κ3) is 5.28. The molecule has 0 N–H and O–H groups in total. The first kappa shape index (κ1) is 15.5. The molecule has 4 heteroatoms. The highest BCUT2D eigenvalue weighted by Crippen LogP contribution is 2.05. The average molecular weight is 264 g/mol. The molecule has 2 amide bonds. The summed E-state index contributed by atoms with van der Waals surface area (Å²) in [5.74, 6) is 0.0962. The Bertz CT molecular complexity index is 386. The Balaban J connectivity index is 2.30. The number of nitrogens with zero attached hydrogens (tertiary/aromatic N) is 2. The Morgan fingerprint density at radius 3 is 2.74 bits per heavy atom. The average Bonchev–Trinajstić information content (AvgIpc) is 2.40. The number of hydrogen-bond acceptors (Lipinski definition) is 2. The maximum absolute atomic E-state index is 11.9. The lowest BCUT2D eigenvalue weighted by molar-refractivity contribution is -0.144. The summed E-state index contributed by atoms with van der Waals surface area (Å²) in [6.07, 6.45) is 8.34. The van der Waals surface area contributed by atoms with Crippen LogP contribution in [0.5, 0.6) is 0 Å². The van der Waals surface area contributed by atoms with E-state index in [1.807, 2.05) is 12.2 Å². The number of piperazine rings is 1. The van der Waals surface area contributed by atoms with Crippen molar-refractivity contribution < 1.29 is 9.59 Å². The van der Waals surface area contributed by atoms with Gasteiger partial charge in [0.1, 0.15) is 0 Å². The summed E-state index contributed by atoms with van der Waals surface area (Å²) >= 11 is 0. The molecule has 4 nitrogen and oxygen atoms in total. The Kier molecular flexibility index (Phi) is 6.33. The molecule has 1 aliphatic heterocycles. The summed E-state index contributed by atoms with van der Waals surface area (Å²) in [6.45, 7) is 5.73. The topological polar surface area (TPSA) is 40.6 Å². The van der Waals surface area contributed by atoms with Gasteiger partial charge in [-0.25, -0.2) is 0 Å². The van der Waals surface area contributed by atoms with Crippen molar-refractivity contribution in [3.8, 4) is 0 Å². The van der Waals surface area contributed by atoms with Gasteiger partial charge < -0.3 is 9.80 Å². The number of likely N-dealkylation sites (N-methyl/N-ethyl adjacent to an activating group) is 1. The summed E-state index contributed by atoms with van der Waals surface area (Å²) in [5.41, 5.74) is 1.33. The van der Waals surface area contributed by atoms with Crippen LogP contribution in [-0.4, -0.2) is 48.3 Å². The Labute approximate surface area is 115 Å². The number of hydrogen-bond donors (Lipinski definition) is 0. The highest BCUT2D eigenvalue weighted by atomic mass is 16.2. The van der Waals surface area contributed by atoms with E-state index in [9.17, 15) is 9.59 Å². The van der Waals surface area contributed by atoms with Crippen LogP contribution < -0.4 is 0 Å². The van der Waals surface area contributed by atoms with Crippen molar-refractivity contribution >= 4 is 11.8 Å². The van der Waals surface area contributed by atoms with Crippen LogP contribution in [0.4, 0.5) is 0 Å². The van der Waals surface area contributed by atoms with Gasteiger partial charge in [-0.1, -0.05) is 30.7 Å². The molecule has 1 aliphatic rings. The fourth-order valence-electron chi connectivity index (χ4n) is 1.78. The number of amides is 2. The quantitative estimate of drug-likeness (QED) is 0.712. The second-order valence-electron chi connectivity index (χ2n) is 4.96. The molecule has 0 unspecified atom stereocenters. The van der Waals surface area contributed by atoms with Crippen LogP contribution in [0.3, 0.4) is 0 Å². The largest absolute Gasteiger partial charge is 0.342 e. The van der Waals surface area contributed by atoms with Crippen molar-refractivity contribution in [2.75, 3.05) is 26.7 Å². The number of allylic oxidation sites excluding steroid dienone is 4. The van der Waals surface area contributed by atoms with Crippen LogP contribution in [-0.2, 0) is 9.59 Å². The van der Waals surface area contributed by atoms with Gasteiger partial charge in [-0.3, -0.25) is 9.59 Å². The molecule has 1 saturated heterocycles. The van der Waals surface area contributed by atoms with Gasteiger partial charge in [-0.2, -0.15) is 0 Å². The molecule has 0 atom stereocenters. The lowest BCUT2D eigenvalue weighted by Crippen LogP contribution is -2.50. The molecule has 19 heavy (non-hydrogen) atoms. The molecule has 1 heterocycles. The smallest absolute Gasteiger partial charge is 0.241 e. The number of carbonyl (C=O) groups excluding carboxylic acids is 2. The zero-order chi connectivity index (χ0) is 14.3. The Morgan fingerprint density at radius 2 is 2.11 bits per heavy atom. The highest BCUT2D eigenvalue weighted by Gasteiger charge is 2.23. The van der Waals surface area contributed by atoms with E-state index in [2.05, 4.69) is 19.9 Å². The van der Waals surface area contributed by atoms with Gasteiger partial charge >= 0.3 is 0 Å². The van der Waals surface area contributed by atoms with E-state index < -0.39 is 0 Å². The van der Waals surface area contributed by atoms with E-state index in [1.165, 1.54) is 5.57 Å². The standard InChI is InChI=1S/C15H24N2O2/c1-4-13(2)8-6-5-7-9-14(18)17-11-10-16(3)15(19)12-17/h5-6,8H,4,7,9-12H2,1-3H3/b6-5-,13-8-. The molecule has 0 aromatic heterocycles.